The zero-order valence-electron chi connectivity index (χ0n) is 15.3. The number of carbonyl (C=O) groups is 3. The number of ether oxygens (including phenoxy) is 3. The smallest absolute Gasteiger partial charge is 0.355 e. The van der Waals surface area contributed by atoms with Crippen molar-refractivity contribution in [2.75, 3.05) is 26.2 Å². The molecule has 0 radical (unpaired) electrons. The first-order valence-corrected chi connectivity index (χ1v) is 7.94. The summed E-state index contributed by atoms with van der Waals surface area (Å²) in [6.45, 7) is 0. The van der Waals surface area contributed by atoms with Crippen molar-refractivity contribution in [3.05, 3.63) is 65.0 Å². The van der Waals surface area contributed by atoms with Crippen LogP contribution in [0, 0.1) is 11.6 Å². The molecule has 1 heterocycles. The van der Waals surface area contributed by atoms with Crippen LogP contribution in [-0.4, -0.2) is 39.2 Å². The largest absolute Gasteiger partial charge is 0.469 e. The molecule has 148 valence electrons. The monoisotopic (exact) mass is 393 g/mol. The zero-order valence-corrected chi connectivity index (χ0v) is 15.3. The highest BCUT2D eigenvalue weighted by Crippen LogP contribution is 2.31. The number of halogens is 2. The van der Waals surface area contributed by atoms with E-state index < -0.39 is 36.0 Å². The maximum Gasteiger partial charge on any atom is 0.355 e. The number of benzene rings is 1. The number of rotatable bonds is 5. The van der Waals surface area contributed by atoms with E-state index in [-0.39, 0.29) is 22.5 Å². The van der Waals surface area contributed by atoms with Crippen molar-refractivity contribution in [3.63, 3.8) is 0 Å². The predicted octanol–water partition coefficient (Wildman–Crippen LogP) is 2.17. The topological polar surface area (TPSA) is 82.1 Å². The van der Waals surface area contributed by atoms with Gasteiger partial charge in [-0.1, -0.05) is 12.1 Å². The quantitative estimate of drug-likeness (QED) is 0.560. The van der Waals surface area contributed by atoms with Gasteiger partial charge in [-0.15, -0.1) is 0 Å². The van der Waals surface area contributed by atoms with Gasteiger partial charge < -0.3 is 19.1 Å². The third-order valence-corrected chi connectivity index (χ3v) is 3.85. The molecule has 1 aromatic carbocycles. The second-order valence-corrected chi connectivity index (χ2v) is 5.44. The lowest BCUT2D eigenvalue weighted by Crippen LogP contribution is -2.28. The van der Waals surface area contributed by atoms with Gasteiger partial charge in [0.25, 0.3) is 0 Å². The molecule has 9 heteroatoms. The molecule has 1 aliphatic heterocycles. The van der Waals surface area contributed by atoms with Gasteiger partial charge in [0.15, 0.2) is 11.6 Å². The third kappa shape index (κ3) is 4.08. The first-order valence-electron chi connectivity index (χ1n) is 7.94. The highest BCUT2D eigenvalue weighted by Gasteiger charge is 2.30. The summed E-state index contributed by atoms with van der Waals surface area (Å²) in [6, 6.07) is 2.35. The van der Waals surface area contributed by atoms with Crippen molar-refractivity contribution in [2.45, 2.75) is 6.42 Å². The summed E-state index contributed by atoms with van der Waals surface area (Å²) in [5, 5.41) is 0. The van der Waals surface area contributed by atoms with E-state index >= 15 is 0 Å². The Bertz CT molecular complexity index is 904. The van der Waals surface area contributed by atoms with Crippen LogP contribution < -0.4 is 4.90 Å². The van der Waals surface area contributed by atoms with Gasteiger partial charge in [0.1, 0.15) is 5.70 Å². The molecule has 0 aromatic heterocycles. The fraction of sp³-hybridized carbons (Fsp3) is 0.211. The highest BCUT2D eigenvalue weighted by molar-refractivity contribution is 6.05. The van der Waals surface area contributed by atoms with Crippen molar-refractivity contribution in [3.8, 4) is 0 Å². The zero-order chi connectivity index (χ0) is 20.8. The Morgan fingerprint density at radius 2 is 1.61 bits per heavy atom. The summed E-state index contributed by atoms with van der Waals surface area (Å²) >= 11 is 0. The Morgan fingerprint density at radius 3 is 2.21 bits per heavy atom. The van der Waals surface area contributed by atoms with Gasteiger partial charge in [0.05, 0.1) is 39.0 Å². The molecule has 0 amide bonds. The van der Waals surface area contributed by atoms with Crippen molar-refractivity contribution in [1.29, 1.82) is 0 Å². The average molecular weight is 393 g/mol. The lowest BCUT2D eigenvalue weighted by atomic mass is 10.1. The van der Waals surface area contributed by atoms with E-state index in [0.717, 1.165) is 26.2 Å². The van der Waals surface area contributed by atoms with Crippen molar-refractivity contribution in [2.24, 2.45) is 0 Å². The molecule has 0 bridgehead atoms. The van der Waals surface area contributed by atoms with Gasteiger partial charge in [-0.2, -0.15) is 0 Å². The summed E-state index contributed by atoms with van der Waals surface area (Å²) in [4.78, 5) is 36.7. The minimum Gasteiger partial charge on any atom is -0.469 e. The molecular formula is C19H17F2NO6. The Morgan fingerprint density at radius 1 is 0.929 bits per heavy atom. The SMILES string of the molecule is COC(=O)Cc1ccc(N2C=CC=CC(C(=O)OC)=C2C(=O)OC)c(F)c1F. The molecule has 0 unspecified atom stereocenters. The predicted molar refractivity (Wildman–Crippen MR) is 93.9 cm³/mol. The summed E-state index contributed by atoms with van der Waals surface area (Å²) in [5.74, 6) is -5.17. The molecule has 28 heavy (non-hydrogen) atoms. The molecule has 1 aromatic rings. The van der Waals surface area contributed by atoms with E-state index in [0.29, 0.717) is 0 Å². The Kier molecular flexibility index (Phi) is 6.64. The molecule has 1 aliphatic rings. The maximum atomic E-state index is 14.8. The first-order chi connectivity index (χ1) is 13.3. The minimum atomic E-state index is -1.32. The normalized spacial score (nSPS) is 13.2. The number of nitrogens with zero attached hydrogens (tertiary/aromatic N) is 1. The first kappa shape index (κ1) is 20.8. The van der Waals surface area contributed by atoms with Gasteiger partial charge in [0.2, 0.25) is 0 Å². The number of methoxy groups -OCH3 is 3. The molecule has 0 N–H and O–H groups in total. The molecule has 0 spiro atoms. The average Bonchev–Trinajstić information content (AvgIpc) is 2.93. The van der Waals surface area contributed by atoms with E-state index in [1.807, 2.05) is 0 Å². The number of allylic oxidation sites excluding steroid dienone is 2. The second kappa shape index (κ2) is 8.94. The van der Waals surface area contributed by atoms with E-state index in [1.54, 1.807) is 0 Å². The molecule has 0 saturated carbocycles. The van der Waals surface area contributed by atoms with Crippen LogP contribution in [0.3, 0.4) is 0 Å². The minimum absolute atomic E-state index is 0.210. The van der Waals surface area contributed by atoms with Crippen molar-refractivity contribution in [1.82, 2.24) is 0 Å². The van der Waals surface area contributed by atoms with Gasteiger partial charge in [-0.05, 0) is 18.2 Å². The second-order valence-electron chi connectivity index (χ2n) is 5.44. The van der Waals surface area contributed by atoms with Crippen LogP contribution in [0.4, 0.5) is 14.5 Å². The summed E-state index contributed by atoms with van der Waals surface area (Å²) in [5.41, 5.74) is -1.16. The van der Waals surface area contributed by atoms with Crippen LogP contribution in [0.1, 0.15) is 5.56 Å². The number of hydrogen-bond acceptors (Lipinski definition) is 7. The molecule has 0 aliphatic carbocycles. The van der Waals surface area contributed by atoms with E-state index in [2.05, 4.69) is 9.47 Å². The van der Waals surface area contributed by atoms with E-state index in [1.165, 1.54) is 36.6 Å². The van der Waals surface area contributed by atoms with E-state index in [9.17, 15) is 23.2 Å². The fourth-order valence-electron chi connectivity index (χ4n) is 2.48. The molecular weight excluding hydrogens is 376 g/mol. The van der Waals surface area contributed by atoms with Gasteiger partial charge in [0, 0.05) is 11.8 Å². The fourth-order valence-corrected chi connectivity index (χ4v) is 2.48. The van der Waals surface area contributed by atoms with Crippen molar-refractivity contribution < 1.29 is 37.4 Å². The Labute approximate surface area is 159 Å². The molecule has 0 fully saturated rings. The summed E-state index contributed by atoms with van der Waals surface area (Å²) < 4.78 is 43.0. The third-order valence-electron chi connectivity index (χ3n) is 3.85. The number of anilines is 1. The van der Waals surface area contributed by atoms with Crippen LogP contribution in [-0.2, 0) is 35.0 Å². The lowest BCUT2D eigenvalue weighted by Gasteiger charge is -2.24. The number of esters is 3. The molecule has 0 atom stereocenters. The van der Waals surface area contributed by atoms with Gasteiger partial charge >= 0.3 is 17.9 Å². The molecule has 2 rings (SSSR count). The highest BCUT2D eigenvalue weighted by atomic mass is 19.2. The van der Waals surface area contributed by atoms with Crippen LogP contribution in [0.25, 0.3) is 0 Å². The Balaban J connectivity index is 2.63. The van der Waals surface area contributed by atoms with Crippen LogP contribution in [0.2, 0.25) is 0 Å². The molecule has 0 saturated heterocycles. The van der Waals surface area contributed by atoms with Gasteiger partial charge in [-0.25, -0.2) is 18.4 Å². The number of carbonyl (C=O) groups excluding carboxylic acids is 3. The van der Waals surface area contributed by atoms with Crippen molar-refractivity contribution >= 4 is 23.6 Å². The molecule has 7 nitrogen and oxygen atoms in total. The van der Waals surface area contributed by atoms with E-state index in [4.69, 9.17) is 4.74 Å². The van der Waals surface area contributed by atoms with Crippen LogP contribution >= 0.6 is 0 Å². The Hall–Kier alpha value is -3.49. The van der Waals surface area contributed by atoms with Crippen LogP contribution in [0.15, 0.2) is 47.8 Å². The lowest BCUT2D eigenvalue weighted by molar-refractivity contribution is -0.140. The summed E-state index contributed by atoms with van der Waals surface area (Å²) in [7, 11) is 3.32. The maximum absolute atomic E-state index is 14.8. The number of hydrogen-bond donors (Lipinski definition) is 0. The summed E-state index contributed by atoms with van der Waals surface area (Å²) in [6.07, 6.45) is 4.92. The standard InChI is InChI=1S/C19H17F2NO6/c1-26-14(23)10-11-7-8-13(16(21)15(11)20)22-9-5-4-6-12(18(24)27-2)17(22)19(25)28-3/h4-9H,10H2,1-3H3. The van der Waals surface area contributed by atoms with Crippen LogP contribution in [0.5, 0.6) is 0 Å². The van der Waals surface area contributed by atoms with Gasteiger partial charge in [-0.3, -0.25) is 4.79 Å².